The van der Waals surface area contributed by atoms with Gasteiger partial charge in [0.25, 0.3) is 11.4 Å². The zero-order valence-corrected chi connectivity index (χ0v) is 18.1. The molecule has 0 aliphatic rings. The molecule has 1 amide bonds. The Kier molecular flexibility index (Phi) is 6.73. The first-order valence-corrected chi connectivity index (χ1v) is 10.7. The molecule has 0 fully saturated rings. The maximum absolute atomic E-state index is 13.1. The lowest BCUT2D eigenvalue weighted by Crippen LogP contribution is -2.28. The summed E-state index contributed by atoms with van der Waals surface area (Å²) in [5.74, 6) is -0.441. The number of aryl methyl sites for hydroxylation is 1. The van der Waals surface area contributed by atoms with Crippen LogP contribution < -0.4 is 10.9 Å². The van der Waals surface area contributed by atoms with Gasteiger partial charge in [-0.2, -0.15) is 4.98 Å². The third-order valence-corrected chi connectivity index (χ3v) is 5.15. The van der Waals surface area contributed by atoms with Crippen LogP contribution in [0.1, 0.15) is 25.3 Å². The van der Waals surface area contributed by atoms with Gasteiger partial charge in [-0.05, 0) is 66.9 Å². The summed E-state index contributed by atoms with van der Waals surface area (Å²) in [6.07, 6.45) is 4.78. The van der Waals surface area contributed by atoms with E-state index in [1.807, 2.05) is 24.3 Å². The van der Waals surface area contributed by atoms with Gasteiger partial charge in [0.2, 0.25) is 11.7 Å². The van der Waals surface area contributed by atoms with Crippen LogP contribution in [0.5, 0.6) is 0 Å². The van der Waals surface area contributed by atoms with Crippen molar-refractivity contribution in [3.8, 4) is 22.8 Å². The largest absolute Gasteiger partial charge is 0.333 e. The number of pyridine rings is 1. The first-order valence-electron chi connectivity index (χ1n) is 10.7. The lowest BCUT2D eigenvalue weighted by atomic mass is 10.1. The number of amides is 1. The van der Waals surface area contributed by atoms with Crippen molar-refractivity contribution >= 4 is 11.6 Å². The van der Waals surface area contributed by atoms with Crippen LogP contribution in [-0.2, 0) is 17.8 Å². The van der Waals surface area contributed by atoms with Crippen LogP contribution in [0.2, 0.25) is 0 Å². The Morgan fingerprint density at radius 2 is 1.85 bits per heavy atom. The number of aromatic nitrogens is 3. The van der Waals surface area contributed by atoms with Crippen LogP contribution in [0.15, 0.2) is 76.2 Å². The highest BCUT2D eigenvalue weighted by Crippen LogP contribution is 2.20. The van der Waals surface area contributed by atoms with Gasteiger partial charge in [-0.15, -0.1) is 0 Å². The van der Waals surface area contributed by atoms with E-state index < -0.39 is 5.56 Å². The molecule has 1 N–H and O–H groups in total. The van der Waals surface area contributed by atoms with Gasteiger partial charge in [0.1, 0.15) is 17.9 Å². The van der Waals surface area contributed by atoms with E-state index in [1.54, 1.807) is 12.1 Å². The number of anilines is 1. The van der Waals surface area contributed by atoms with Crippen molar-refractivity contribution in [2.45, 2.75) is 32.7 Å². The van der Waals surface area contributed by atoms with Crippen molar-refractivity contribution in [3.63, 3.8) is 0 Å². The fourth-order valence-electron chi connectivity index (χ4n) is 3.36. The van der Waals surface area contributed by atoms with E-state index in [0.29, 0.717) is 11.3 Å². The van der Waals surface area contributed by atoms with Gasteiger partial charge in [-0.25, -0.2) is 4.39 Å². The normalized spacial score (nSPS) is 10.8. The lowest BCUT2D eigenvalue weighted by Gasteiger charge is -2.09. The maximum atomic E-state index is 13.1. The molecule has 0 saturated heterocycles. The first-order chi connectivity index (χ1) is 16.0. The van der Waals surface area contributed by atoms with Gasteiger partial charge >= 0.3 is 0 Å². The second-order valence-electron chi connectivity index (χ2n) is 7.63. The van der Waals surface area contributed by atoms with Gasteiger partial charge in [0.15, 0.2) is 0 Å². The molecule has 4 rings (SSSR count). The summed E-state index contributed by atoms with van der Waals surface area (Å²) >= 11 is 0. The van der Waals surface area contributed by atoms with Gasteiger partial charge in [-0.1, -0.05) is 30.6 Å². The standard InChI is InChI=1S/C25H23FN4O3/c1-2-3-5-17-7-13-20(14-8-17)27-22(31)16-30-15-4-6-21(25(30)32)24-28-23(29-33-24)18-9-11-19(26)12-10-18/h4,6-15H,2-3,5,16H2,1H3,(H,27,31). The quantitative estimate of drug-likeness (QED) is 0.424. The monoisotopic (exact) mass is 446 g/mol. The summed E-state index contributed by atoms with van der Waals surface area (Å²) in [6, 6.07) is 16.5. The SMILES string of the molecule is CCCCc1ccc(NC(=O)Cn2cccc(-c3nc(-c4ccc(F)cc4)no3)c2=O)cc1. The number of halogens is 1. The van der Waals surface area contributed by atoms with Crippen molar-refractivity contribution in [2.24, 2.45) is 0 Å². The Morgan fingerprint density at radius 3 is 2.58 bits per heavy atom. The molecule has 8 heteroatoms. The molecule has 2 aromatic heterocycles. The molecular weight excluding hydrogens is 423 g/mol. The molecule has 7 nitrogen and oxygen atoms in total. The topological polar surface area (TPSA) is 90.0 Å². The predicted octanol–water partition coefficient (Wildman–Crippen LogP) is 4.69. The van der Waals surface area contributed by atoms with Crippen molar-refractivity contribution in [3.05, 3.63) is 88.6 Å². The molecule has 2 aromatic carbocycles. The molecule has 0 aliphatic carbocycles. The number of unbranched alkanes of at least 4 members (excludes halogenated alkanes) is 1. The van der Waals surface area contributed by atoms with Gasteiger partial charge in [0.05, 0.1) is 0 Å². The van der Waals surface area contributed by atoms with E-state index in [9.17, 15) is 14.0 Å². The second kappa shape index (κ2) is 10.0. The minimum absolute atomic E-state index is 0.0248. The van der Waals surface area contributed by atoms with Crippen LogP contribution in [0.4, 0.5) is 10.1 Å². The molecule has 2 heterocycles. The van der Waals surface area contributed by atoms with Crippen LogP contribution >= 0.6 is 0 Å². The van der Waals surface area contributed by atoms with Gasteiger partial charge < -0.3 is 14.4 Å². The summed E-state index contributed by atoms with van der Waals surface area (Å²) in [5, 5.41) is 6.68. The third kappa shape index (κ3) is 5.41. The molecule has 4 aromatic rings. The molecule has 0 atom stereocenters. The number of rotatable bonds is 8. The predicted molar refractivity (Wildman–Crippen MR) is 123 cm³/mol. The van der Waals surface area contributed by atoms with Crippen LogP contribution in [0.3, 0.4) is 0 Å². The van der Waals surface area contributed by atoms with E-state index in [0.717, 1.165) is 19.3 Å². The van der Waals surface area contributed by atoms with Gasteiger partial charge in [0, 0.05) is 17.4 Å². The Morgan fingerprint density at radius 1 is 1.09 bits per heavy atom. The summed E-state index contributed by atoms with van der Waals surface area (Å²) in [6.45, 7) is 1.98. The Hall–Kier alpha value is -4.07. The summed E-state index contributed by atoms with van der Waals surface area (Å²) in [4.78, 5) is 29.6. The van der Waals surface area contributed by atoms with E-state index in [4.69, 9.17) is 4.52 Å². The molecule has 0 unspecified atom stereocenters. The number of hydrogen-bond donors (Lipinski definition) is 1. The van der Waals surface area contributed by atoms with Crippen LogP contribution in [-0.4, -0.2) is 20.6 Å². The zero-order chi connectivity index (χ0) is 23.2. The Balaban J connectivity index is 1.47. The molecule has 0 radical (unpaired) electrons. The minimum atomic E-state index is -0.433. The molecule has 0 spiro atoms. The second-order valence-corrected chi connectivity index (χ2v) is 7.63. The number of hydrogen-bond acceptors (Lipinski definition) is 5. The number of nitrogens with one attached hydrogen (secondary N) is 1. The fraction of sp³-hybridized carbons (Fsp3) is 0.200. The number of nitrogens with zero attached hydrogens (tertiary/aromatic N) is 3. The molecular formula is C25H23FN4O3. The Labute approximate surface area is 189 Å². The zero-order valence-electron chi connectivity index (χ0n) is 18.1. The Bertz CT molecular complexity index is 1290. The average Bonchev–Trinajstić information content (AvgIpc) is 3.30. The molecule has 168 valence electrons. The lowest BCUT2D eigenvalue weighted by molar-refractivity contribution is -0.116. The number of carbonyl (C=O) groups is 1. The highest BCUT2D eigenvalue weighted by atomic mass is 19.1. The molecule has 0 bridgehead atoms. The van der Waals surface area contributed by atoms with Gasteiger partial charge in [-0.3, -0.25) is 9.59 Å². The summed E-state index contributed by atoms with van der Waals surface area (Å²) in [7, 11) is 0. The molecule has 0 saturated carbocycles. The van der Waals surface area contributed by atoms with Crippen molar-refractivity contribution < 1.29 is 13.7 Å². The highest BCUT2D eigenvalue weighted by Gasteiger charge is 2.16. The van der Waals surface area contributed by atoms with Crippen molar-refractivity contribution in [2.75, 3.05) is 5.32 Å². The smallest absolute Gasteiger partial charge is 0.263 e. The molecule has 0 aliphatic heterocycles. The van der Waals surface area contributed by atoms with E-state index in [1.165, 1.54) is 40.6 Å². The average molecular weight is 446 g/mol. The van der Waals surface area contributed by atoms with E-state index in [-0.39, 0.29) is 35.5 Å². The summed E-state index contributed by atoms with van der Waals surface area (Å²) in [5.41, 5.74) is 2.19. The van der Waals surface area contributed by atoms with E-state index >= 15 is 0 Å². The number of carbonyl (C=O) groups excluding carboxylic acids is 1. The number of benzene rings is 2. The van der Waals surface area contributed by atoms with E-state index in [2.05, 4.69) is 22.4 Å². The maximum Gasteiger partial charge on any atom is 0.263 e. The summed E-state index contributed by atoms with van der Waals surface area (Å²) < 4.78 is 19.7. The van der Waals surface area contributed by atoms with Crippen molar-refractivity contribution in [1.82, 2.24) is 14.7 Å². The molecule has 33 heavy (non-hydrogen) atoms. The minimum Gasteiger partial charge on any atom is -0.333 e. The highest BCUT2D eigenvalue weighted by molar-refractivity contribution is 5.90. The van der Waals surface area contributed by atoms with Crippen LogP contribution in [0.25, 0.3) is 22.8 Å². The van der Waals surface area contributed by atoms with Crippen molar-refractivity contribution in [1.29, 1.82) is 0 Å². The van der Waals surface area contributed by atoms with Crippen LogP contribution in [0, 0.1) is 5.82 Å². The first kappa shape index (κ1) is 22.1. The third-order valence-electron chi connectivity index (χ3n) is 5.15. The fourth-order valence-corrected chi connectivity index (χ4v) is 3.36.